The third kappa shape index (κ3) is 1.09. The Morgan fingerprint density at radius 3 is 2.81 bits per heavy atom. The largest absolute Gasteiger partial charge is 0.422 e. The van der Waals surface area contributed by atoms with Crippen molar-refractivity contribution in [3.63, 3.8) is 0 Å². The maximum atomic E-state index is 11.6. The summed E-state index contributed by atoms with van der Waals surface area (Å²) in [5.74, 6) is -0.624. The molecule has 0 atom stereocenters. The van der Waals surface area contributed by atoms with Crippen LogP contribution in [0.1, 0.15) is 0 Å². The number of fused-ring (bicyclic) bond motifs is 3. The molecule has 0 amide bonds. The van der Waals surface area contributed by atoms with Crippen LogP contribution in [-0.2, 0) is 7.05 Å². The van der Waals surface area contributed by atoms with Gasteiger partial charge in [-0.25, -0.2) is 9.59 Å². The fourth-order valence-electron chi connectivity index (χ4n) is 1.79. The van der Waals surface area contributed by atoms with E-state index < -0.39 is 11.4 Å². The van der Waals surface area contributed by atoms with Gasteiger partial charge in [0.05, 0.1) is 5.52 Å². The van der Waals surface area contributed by atoms with Gasteiger partial charge < -0.3 is 4.42 Å². The number of aromatic nitrogens is 1. The van der Waals surface area contributed by atoms with Crippen LogP contribution in [-0.4, -0.2) is 4.57 Å². The topological polar surface area (TPSA) is 52.2 Å². The quantitative estimate of drug-likeness (QED) is 0.594. The molecule has 1 aromatic carbocycles. The normalized spacial score (nSPS) is 11.3. The molecule has 0 N–H and O–H groups in total. The molecule has 0 fully saturated rings. The summed E-state index contributed by atoms with van der Waals surface area (Å²) < 4.78 is 7.45. The van der Waals surface area contributed by atoms with Crippen molar-refractivity contribution in [2.75, 3.05) is 0 Å². The molecule has 0 aliphatic carbocycles. The summed E-state index contributed by atoms with van der Waals surface area (Å²) in [7, 11) is 1.60. The van der Waals surface area contributed by atoms with Crippen LogP contribution in [0.15, 0.2) is 38.3 Å². The second kappa shape index (κ2) is 3.05. The highest BCUT2D eigenvalue weighted by Crippen LogP contribution is 2.30. The Bertz CT molecular complexity index is 809. The number of nitrogens with zero attached hydrogens (tertiary/aromatic N) is 1. The predicted octanol–water partition coefficient (Wildman–Crippen LogP) is 1.71. The van der Waals surface area contributed by atoms with Gasteiger partial charge in [0.25, 0.3) is 0 Å². The van der Waals surface area contributed by atoms with Crippen molar-refractivity contribution < 1.29 is 4.42 Å². The van der Waals surface area contributed by atoms with E-state index in [-0.39, 0.29) is 0 Å². The van der Waals surface area contributed by atoms with Gasteiger partial charge in [0.15, 0.2) is 0 Å². The summed E-state index contributed by atoms with van der Waals surface area (Å²) in [5, 5.41) is 0.912. The lowest BCUT2D eigenvalue weighted by Crippen LogP contribution is -2.21. The molecule has 0 radical (unpaired) electrons. The number of thiophene rings is 1. The van der Waals surface area contributed by atoms with Gasteiger partial charge >= 0.3 is 11.4 Å². The monoisotopic (exact) mass is 233 g/mol. The first-order valence-corrected chi connectivity index (χ1v) is 5.51. The lowest BCUT2D eigenvalue weighted by Gasteiger charge is -1.97. The van der Waals surface area contributed by atoms with Gasteiger partial charge in [-0.3, -0.25) is 4.57 Å². The molecule has 2 aromatic heterocycles. The standard InChI is InChI=1S/C11H7NO3S/c1-12-8-6-4-2-3-5-7(6)16-9(8)10(13)15-11(12)14/h2-5H,1H3. The van der Waals surface area contributed by atoms with Crippen molar-refractivity contribution in [1.82, 2.24) is 4.57 Å². The summed E-state index contributed by atoms with van der Waals surface area (Å²) >= 11 is 1.35. The van der Waals surface area contributed by atoms with Crippen LogP contribution in [0, 0.1) is 0 Å². The lowest BCUT2D eigenvalue weighted by atomic mass is 10.2. The molecule has 2 heterocycles. The van der Waals surface area contributed by atoms with Crippen LogP contribution in [0.5, 0.6) is 0 Å². The Morgan fingerprint density at radius 1 is 1.25 bits per heavy atom. The van der Waals surface area contributed by atoms with Crippen molar-refractivity contribution in [2.24, 2.45) is 7.05 Å². The van der Waals surface area contributed by atoms with E-state index in [1.807, 2.05) is 24.3 Å². The van der Waals surface area contributed by atoms with Gasteiger partial charge in [0.1, 0.15) is 4.70 Å². The Labute approximate surface area is 93.4 Å². The number of hydrogen-bond donors (Lipinski definition) is 0. The minimum Gasteiger partial charge on any atom is -0.371 e. The smallest absolute Gasteiger partial charge is 0.371 e. The van der Waals surface area contributed by atoms with Crippen LogP contribution in [0.3, 0.4) is 0 Å². The fraction of sp³-hybridized carbons (Fsp3) is 0.0909. The first kappa shape index (κ1) is 9.35. The summed E-state index contributed by atoms with van der Waals surface area (Å²) in [5.41, 5.74) is 0.0983. The van der Waals surface area contributed by atoms with Crippen LogP contribution >= 0.6 is 11.3 Å². The van der Waals surface area contributed by atoms with Gasteiger partial charge in [0.2, 0.25) is 0 Å². The minimum absolute atomic E-state index is 0.489. The van der Waals surface area contributed by atoms with E-state index >= 15 is 0 Å². The van der Waals surface area contributed by atoms with E-state index in [0.717, 1.165) is 10.1 Å². The van der Waals surface area contributed by atoms with E-state index in [4.69, 9.17) is 0 Å². The first-order chi connectivity index (χ1) is 7.68. The second-order valence-electron chi connectivity index (χ2n) is 3.49. The third-order valence-corrected chi connectivity index (χ3v) is 3.68. The molecule has 0 aliphatic rings. The molecular weight excluding hydrogens is 226 g/mol. The van der Waals surface area contributed by atoms with Crippen molar-refractivity contribution in [2.45, 2.75) is 0 Å². The van der Waals surface area contributed by atoms with Crippen LogP contribution in [0.25, 0.3) is 20.3 Å². The number of hydrogen-bond acceptors (Lipinski definition) is 4. The molecule has 4 nitrogen and oxygen atoms in total. The Morgan fingerprint density at radius 2 is 2.00 bits per heavy atom. The zero-order valence-corrected chi connectivity index (χ0v) is 9.21. The van der Waals surface area contributed by atoms with Crippen LogP contribution in [0.4, 0.5) is 0 Å². The zero-order valence-electron chi connectivity index (χ0n) is 8.39. The maximum Gasteiger partial charge on any atom is 0.422 e. The highest BCUT2D eigenvalue weighted by Gasteiger charge is 2.12. The molecule has 0 unspecified atom stereocenters. The van der Waals surface area contributed by atoms with Gasteiger partial charge in [-0.2, -0.15) is 0 Å². The number of aryl methyl sites for hydroxylation is 1. The SMILES string of the molecule is Cn1c(=O)oc(=O)c2sc3ccccc3c21. The molecule has 16 heavy (non-hydrogen) atoms. The second-order valence-corrected chi connectivity index (χ2v) is 4.54. The highest BCUT2D eigenvalue weighted by atomic mass is 32.1. The molecule has 0 saturated carbocycles. The van der Waals surface area contributed by atoms with Gasteiger partial charge in [-0.05, 0) is 6.07 Å². The van der Waals surface area contributed by atoms with Gasteiger partial charge in [0, 0.05) is 17.1 Å². The van der Waals surface area contributed by atoms with Crippen molar-refractivity contribution >= 4 is 31.6 Å². The number of rotatable bonds is 0. The number of benzene rings is 1. The average Bonchev–Trinajstić information content (AvgIpc) is 2.66. The van der Waals surface area contributed by atoms with Gasteiger partial charge in [-0.1, -0.05) is 18.2 Å². The van der Waals surface area contributed by atoms with E-state index in [1.165, 1.54) is 15.9 Å². The first-order valence-electron chi connectivity index (χ1n) is 4.70. The molecule has 80 valence electrons. The van der Waals surface area contributed by atoms with E-state index in [0.29, 0.717) is 10.2 Å². The Hall–Kier alpha value is -1.88. The van der Waals surface area contributed by atoms with Crippen molar-refractivity contribution in [3.8, 4) is 0 Å². The molecule has 3 rings (SSSR count). The van der Waals surface area contributed by atoms with E-state index in [2.05, 4.69) is 4.42 Å². The maximum absolute atomic E-state index is 11.6. The molecular formula is C11H7NO3S. The molecule has 0 spiro atoms. The average molecular weight is 233 g/mol. The third-order valence-electron chi connectivity index (χ3n) is 2.54. The zero-order chi connectivity index (χ0) is 11.3. The Kier molecular flexibility index (Phi) is 1.79. The molecule has 5 heteroatoms. The van der Waals surface area contributed by atoms with Gasteiger partial charge in [-0.15, -0.1) is 11.3 Å². The molecule has 0 saturated heterocycles. The summed E-state index contributed by atoms with van der Waals surface area (Å²) in [6.07, 6.45) is 0. The molecule has 3 aromatic rings. The minimum atomic E-state index is -0.624. The lowest BCUT2D eigenvalue weighted by molar-refractivity contribution is 0.434. The van der Waals surface area contributed by atoms with Crippen molar-refractivity contribution in [3.05, 3.63) is 45.2 Å². The van der Waals surface area contributed by atoms with Crippen LogP contribution in [0.2, 0.25) is 0 Å². The predicted molar refractivity (Wildman–Crippen MR) is 63.1 cm³/mol. The highest BCUT2D eigenvalue weighted by molar-refractivity contribution is 7.25. The fourth-order valence-corrected chi connectivity index (χ4v) is 2.90. The van der Waals surface area contributed by atoms with Crippen LogP contribution < -0.4 is 11.4 Å². The Balaban J connectivity index is 2.77. The van der Waals surface area contributed by atoms with E-state index in [1.54, 1.807) is 7.05 Å². The van der Waals surface area contributed by atoms with E-state index in [9.17, 15) is 9.59 Å². The summed E-state index contributed by atoms with van der Waals surface area (Å²) in [6.45, 7) is 0. The van der Waals surface area contributed by atoms with Crippen molar-refractivity contribution in [1.29, 1.82) is 0 Å². The summed E-state index contributed by atoms with van der Waals surface area (Å²) in [4.78, 5) is 22.9. The summed E-state index contributed by atoms with van der Waals surface area (Å²) in [6, 6.07) is 7.60. The molecule has 0 aliphatic heterocycles. The molecule has 0 bridgehead atoms.